The van der Waals surface area contributed by atoms with E-state index < -0.39 is 41.8 Å². The van der Waals surface area contributed by atoms with Crippen molar-refractivity contribution in [3.8, 4) is 0 Å². The first-order valence-electron chi connectivity index (χ1n) is 16.2. The van der Waals surface area contributed by atoms with E-state index in [4.69, 9.17) is 24.7 Å². The van der Waals surface area contributed by atoms with Crippen molar-refractivity contribution in [2.24, 2.45) is 5.92 Å². The molecule has 3 aliphatic heterocycles. The van der Waals surface area contributed by atoms with E-state index >= 15 is 0 Å². The van der Waals surface area contributed by atoms with E-state index in [1.54, 1.807) is 19.1 Å². The van der Waals surface area contributed by atoms with Crippen LogP contribution in [0, 0.1) is 11.7 Å². The number of nitrogens with one attached hydrogen (secondary N) is 2. The monoisotopic (exact) mass is 657 g/mol. The molecule has 1 aromatic carbocycles. The highest BCUT2D eigenvalue weighted by atomic mass is 19.1. The van der Waals surface area contributed by atoms with Crippen molar-refractivity contribution < 1.29 is 42.8 Å². The fourth-order valence-corrected chi connectivity index (χ4v) is 6.07. The number of aliphatic hydroxyl groups is 1. The van der Waals surface area contributed by atoms with E-state index in [0.717, 1.165) is 12.0 Å². The van der Waals surface area contributed by atoms with Crippen LogP contribution in [0.1, 0.15) is 65.9 Å². The van der Waals surface area contributed by atoms with E-state index in [1.165, 1.54) is 31.2 Å². The predicted molar refractivity (Wildman–Crippen MR) is 173 cm³/mol. The molecule has 1 unspecified atom stereocenters. The summed E-state index contributed by atoms with van der Waals surface area (Å²) in [5.41, 5.74) is 6.47. The van der Waals surface area contributed by atoms with Crippen molar-refractivity contribution in [3.05, 3.63) is 65.5 Å². The summed E-state index contributed by atoms with van der Waals surface area (Å²) in [6.07, 6.45) is 7.79. The third kappa shape index (κ3) is 10.5. The fraction of sp³-hybridized carbons (Fsp3) is 0.571. The van der Waals surface area contributed by atoms with Gasteiger partial charge in [0, 0.05) is 37.2 Å². The van der Waals surface area contributed by atoms with E-state index in [0.29, 0.717) is 30.7 Å². The third-order valence-corrected chi connectivity index (χ3v) is 8.89. The smallest absolute Gasteiger partial charge is 0.303 e. The number of carbonyl (C=O) groups is 3. The zero-order chi connectivity index (χ0) is 34.3. The molecular weight excluding hydrogens is 609 g/mol. The SMILES string of the molecule is CC(=O)OC(C)/C=C\C(=O)N[C@@H]1C[C@H](C)[C@H](C/C=C(C)/C=C/[C@H]2O[C@H](CC(=O)NCc3ccc(N)cc3F)C[C@@]3(CO3)[C@@H]2O)O[C@@H]1C. The van der Waals surface area contributed by atoms with Gasteiger partial charge in [0.25, 0.3) is 0 Å². The van der Waals surface area contributed by atoms with Crippen molar-refractivity contribution in [1.29, 1.82) is 0 Å². The molecule has 0 radical (unpaired) electrons. The largest absolute Gasteiger partial charge is 0.459 e. The Morgan fingerprint density at radius 3 is 2.64 bits per heavy atom. The zero-order valence-corrected chi connectivity index (χ0v) is 27.7. The molecule has 9 atom stereocenters. The highest BCUT2D eigenvalue weighted by Gasteiger charge is 2.58. The number of benzene rings is 1. The first kappa shape index (κ1) is 36.3. The normalized spacial score (nSPS) is 31.6. The standard InChI is InChI=1S/C35H48FN3O8/c1-20(6-11-30-21(2)14-29(23(4)46-30)39-32(41)13-8-22(3)45-24(5)40)7-12-31-34(43)35(19-44-35)17-27(47-31)16-33(42)38-18-25-9-10-26(37)15-28(25)36/h6-10,12-13,15,21-23,27,29-31,34,43H,11,14,16-19,37H2,1-5H3,(H,38,42)(H,39,41)/b12-7+,13-8-,20-6+/t21-,22?,23+,27+,29+,30-,31+,34+,35+/m0/s1. The molecule has 47 heavy (non-hydrogen) atoms. The average molecular weight is 658 g/mol. The number of esters is 1. The second kappa shape index (κ2) is 16.0. The van der Waals surface area contributed by atoms with Crippen LogP contribution in [0.25, 0.3) is 0 Å². The molecule has 3 fully saturated rings. The molecule has 0 saturated carbocycles. The number of anilines is 1. The lowest BCUT2D eigenvalue weighted by atomic mass is 9.87. The number of epoxide rings is 1. The summed E-state index contributed by atoms with van der Waals surface area (Å²) in [7, 11) is 0. The summed E-state index contributed by atoms with van der Waals surface area (Å²) in [6.45, 7) is 9.42. The molecular formula is C35H48FN3O8. The number of halogens is 1. The minimum atomic E-state index is -0.871. The van der Waals surface area contributed by atoms with Crippen LogP contribution in [0.15, 0.2) is 54.2 Å². The van der Waals surface area contributed by atoms with Gasteiger partial charge in [0.2, 0.25) is 11.8 Å². The molecule has 3 heterocycles. The van der Waals surface area contributed by atoms with Crippen LogP contribution in [0.2, 0.25) is 0 Å². The summed E-state index contributed by atoms with van der Waals surface area (Å²) in [5, 5.41) is 16.7. The Morgan fingerprint density at radius 2 is 1.96 bits per heavy atom. The van der Waals surface area contributed by atoms with Crippen LogP contribution >= 0.6 is 0 Å². The topological polar surface area (TPSA) is 162 Å². The average Bonchev–Trinajstić information content (AvgIpc) is 3.77. The zero-order valence-electron chi connectivity index (χ0n) is 27.7. The van der Waals surface area contributed by atoms with Gasteiger partial charge >= 0.3 is 5.97 Å². The van der Waals surface area contributed by atoms with Crippen molar-refractivity contribution in [1.82, 2.24) is 10.6 Å². The summed E-state index contributed by atoms with van der Waals surface area (Å²) >= 11 is 0. The van der Waals surface area contributed by atoms with Crippen LogP contribution < -0.4 is 16.4 Å². The van der Waals surface area contributed by atoms with Gasteiger partial charge in [0.1, 0.15) is 29.7 Å². The van der Waals surface area contributed by atoms with Crippen molar-refractivity contribution in [3.63, 3.8) is 0 Å². The van der Waals surface area contributed by atoms with Gasteiger partial charge < -0.3 is 40.4 Å². The van der Waals surface area contributed by atoms with Crippen LogP contribution in [0.5, 0.6) is 0 Å². The Balaban J connectivity index is 1.26. The maximum atomic E-state index is 14.1. The number of allylic oxidation sites excluding steroid dienone is 2. The number of ether oxygens (including phenoxy) is 4. The number of amides is 2. The first-order chi connectivity index (χ1) is 22.2. The molecule has 1 spiro atoms. The van der Waals surface area contributed by atoms with Gasteiger partial charge in [-0.05, 0) is 57.7 Å². The lowest BCUT2D eigenvalue weighted by molar-refractivity contribution is -0.145. The van der Waals surface area contributed by atoms with E-state index in [1.807, 2.05) is 19.9 Å². The van der Waals surface area contributed by atoms with Gasteiger partial charge in [-0.2, -0.15) is 0 Å². The van der Waals surface area contributed by atoms with Crippen molar-refractivity contribution in [2.45, 2.75) is 115 Å². The fourth-order valence-electron chi connectivity index (χ4n) is 6.07. The van der Waals surface area contributed by atoms with Gasteiger partial charge in [-0.25, -0.2) is 4.39 Å². The molecule has 12 heteroatoms. The predicted octanol–water partition coefficient (Wildman–Crippen LogP) is 3.40. The van der Waals surface area contributed by atoms with Gasteiger partial charge in [-0.1, -0.05) is 36.8 Å². The molecule has 2 amide bonds. The Bertz CT molecular complexity index is 1380. The van der Waals surface area contributed by atoms with Gasteiger partial charge in [0.15, 0.2) is 0 Å². The highest BCUT2D eigenvalue weighted by molar-refractivity contribution is 5.87. The number of nitrogens with two attached hydrogens (primary N) is 1. The number of hydrogen-bond donors (Lipinski definition) is 4. The first-order valence-corrected chi connectivity index (χ1v) is 16.2. The number of aliphatic hydroxyl groups excluding tert-OH is 1. The number of nitrogen functional groups attached to an aromatic ring is 1. The molecule has 5 N–H and O–H groups in total. The minimum absolute atomic E-state index is 0.0301. The Hall–Kier alpha value is -3.58. The lowest BCUT2D eigenvalue weighted by Gasteiger charge is -2.39. The van der Waals surface area contributed by atoms with E-state index in [9.17, 15) is 23.9 Å². The molecule has 258 valence electrons. The highest BCUT2D eigenvalue weighted by Crippen LogP contribution is 2.43. The summed E-state index contributed by atoms with van der Waals surface area (Å²) in [4.78, 5) is 36.1. The summed E-state index contributed by atoms with van der Waals surface area (Å²) in [5.74, 6) is -1.26. The van der Waals surface area contributed by atoms with Crippen molar-refractivity contribution in [2.75, 3.05) is 12.3 Å². The number of hydrogen-bond acceptors (Lipinski definition) is 9. The third-order valence-electron chi connectivity index (χ3n) is 8.89. The Labute approximate surface area is 275 Å². The van der Waals surface area contributed by atoms with Gasteiger partial charge in [0.05, 0.1) is 37.4 Å². The summed E-state index contributed by atoms with van der Waals surface area (Å²) < 4.78 is 37.1. The maximum absolute atomic E-state index is 14.1. The minimum Gasteiger partial charge on any atom is -0.459 e. The molecule has 0 aliphatic carbocycles. The molecule has 3 saturated heterocycles. The quantitative estimate of drug-likeness (QED) is 0.0868. The lowest BCUT2D eigenvalue weighted by Crippen LogP contribution is -2.50. The second-order valence-corrected chi connectivity index (χ2v) is 13.0. The molecule has 0 bridgehead atoms. The molecule has 11 nitrogen and oxygen atoms in total. The Morgan fingerprint density at radius 1 is 1.21 bits per heavy atom. The molecule has 1 aromatic rings. The van der Waals surface area contributed by atoms with Crippen LogP contribution in [-0.2, 0) is 39.9 Å². The number of carbonyl (C=O) groups excluding carboxylic acids is 3. The second-order valence-electron chi connectivity index (χ2n) is 13.0. The van der Waals surface area contributed by atoms with Gasteiger partial charge in [-0.15, -0.1) is 0 Å². The van der Waals surface area contributed by atoms with Crippen molar-refractivity contribution >= 4 is 23.5 Å². The number of rotatable bonds is 12. The van der Waals surface area contributed by atoms with E-state index in [-0.39, 0.29) is 48.9 Å². The van der Waals surface area contributed by atoms with E-state index in [2.05, 4.69) is 23.6 Å². The van der Waals surface area contributed by atoms with Crippen LogP contribution in [0.4, 0.5) is 10.1 Å². The summed E-state index contributed by atoms with van der Waals surface area (Å²) in [6, 6.07) is 4.19. The molecule has 4 rings (SSSR count). The Kier molecular flexibility index (Phi) is 12.4. The molecule has 0 aromatic heterocycles. The van der Waals surface area contributed by atoms with Crippen LogP contribution in [-0.4, -0.2) is 77.8 Å². The molecule has 3 aliphatic rings. The van der Waals surface area contributed by atoms with Crippen LogP contribution in [0.3, 0.4) is 0 Å². The maximum Gasteiger partial charge on any atom is 0.303 e. The van der Waals surface area contributed by atoms with Gasteiger partial charge in [-0.3, -0.25) is 14.4 Å².